The minimum Gasteiger partial charge on any atom is -0.387 e. The third-order valence-corrected chi connectivity index (χ3v) is 9.87. The third kappa shape index (κ3) is 10.2. The SMILES string of the molecule is O=C(CI)NCCCCCNc1ncnc2c1ncn2[C@@H]1O[C@H](COP(=O)(O)OP(=O)(O)OP(=O)(O)O)[C@@H](O)[C@H]1O. The summed E-state index contributed by atoms with van der Waals surface area (Å²) in [5.41, 5.74) is 0.539. The standard InChI is InChI=1S/C17H28IN6O14P3/c18-6-11(25)19-4-2-1-3-5-20-15-12-16(22-8-21-15)24(9-23-12)17-14(27)13(26)10(36-17)7-35-40(31,32)38-41(33,34)37-39(28,29)30/h8-10,13-14,17,26-27H,1-7H2,(H,19,25)(H,31,32)(H,33,34)(H,20,21,22)(H2,28,29,30)/t10-,13-,14-,17-/m1/s1. The predicted octanol–water partition coefficient (Wildman–Crippen LogP) is -0.0778. The normalized spacial score (nSPS) is 24.2. The first-order valence-electron chi connectivity index (χ1n) is 11.7. The molecule has 0 bridgehead atoms. The molecule has 8 N–H and O–H groups in total. The number of nitrogens with zero attached hydrogens (tertiary/aromatic N) is 4. The Balaban J connectivity index is 1.58. The average Bonchev–Trinajstić information content (AvgIpc) is 3.41. The zero-order chi connectivity index (χ0) is 30.4. The summed E-state index contributed by atoms with van der Waals surface area (Å²) in [6, 6.07) is 0. The first-order valence-corrected chi connectivity index (χ1v) is 17.7. The van der Waals surface area contributed by atoms with Crippen molar-refractivity contribution >= 4 is 68.9 Å². The first kappa shape index (κ1) is 34.3. The molecule has 2 aromatic heterocycles. The number of hydrogen-bond donors (Lipinski definition) is 8. The number of carbonyl (C=O) groups is 1. The van der Waals surface area contributed by atoms with Crippen LogP contribution < -0.4 is 10.6 Å². The maximum atomic E-state index is 12.0. The second-order valence-electron chi connectivity index (χ2n) is 8.45. The maximum absolute atomic E-state index is 12.0. The third-order valence-electron chi connectivity index (χ3n) is 5.38. The smallest absolute Gasteiger partial charge is 0.387 e. The molecule has 0 saturated carbocycles. The van der Waals surface area contributed by atoms with E-state index in [0.29, 0.717) is 28.9 Å². The molecule has 3 heterocycles. The van der Waals surface area contributed by atoms with E-state index in [4.69, 9.17) is 14.5 Å². The van der Waals surface area contributed by atoms with Gasteiger partial charge in [-0.05, 0) is 19.3 Å². The van der Waals surface area contributed by atoms with Crippen molar-refractivity contribution in [2.75, 3.05) is 29.4 Å². The van der Waals surface area contributed by atoms with Crippen LogP contribution in [0.2, 0.25) is 0 Å². The Bertz CT molecular complexity index is 1340. The summed E-state index contributed by atoms with van der Waals surface area (Å²) in [5, 5.41) is 26.9. The molecule has 1 saturated heterocycles. The Labute approximate surface area is 245 Å². The molecule has 2 aromatic rings. The van der Waals surface area contributed by atoms with Crippen molar-refractivity contribution in [3.8, 4) is 0 Å². The van der Waals surface area contributed by atoms with Gasteiger partial charge in [-0.2, -0.15) is 8.62 Å². The van der Waals surface area contributed by atoms with Gasteiger partial charge in [0.05, 0.1) is 17.4 Å². The summed E-state index contributed by atoms with van der Waals surface area (Å²) in [4.78, 5) is 59.8. The number of aliphatic hydroxyl groups is 2. The van der Waals surface area contributed by atoms with Crippen LogP contribution in [0.25, 0.3) is 11.2 Å². The van der Waals surface area contributed by atoms with Gasteiger partial charge in [0.1, 0.15) is 24.6 Å². The summed E-state index contributed by atoms with van der Waals surface area (Å²) < 4.78 is 53.2. The number of halogens is 1. The zero-order valence-electron chi connectivity index (χ0n) is 20.9. The number of rotatable bonds is 16. The van der Waals surface area contributed by atoms with Gasteiger partial charge in [0.15, 0.2) is 23.2 Å². The molecule has 0 aliphatic carbocycles. The molecule has 1 fully saturated rings. The summed E-state index contributed by atoms with van der Waals surface area (Å²) >= 11 is 1.99. The number of fused-ring (bicyclic) bond motifs is 1. The Morgan fingerprint density at radius 3 is 2.39 bits per heavy atom. The van der Waals surface area contributed by atoms with Crippen molar-refractivity contribution in [2.24, 2.45) is 0 Å². The molecule has 1 amide bonds. The first-order chi connectivity index (χ1) is 19.1. The van der Waals surface area contributed by atoms with E-state index in [9.17, 15) is 38.5 Å². The lowest BCUT2D eigenvalue weighted by molar-refractivity contribution is -0.118. The number of amides is 1. The minimum absolute atomic E-state index is 0.0165. The van der Waals surface area contributed by atoms with Crippen LogP contribution in [0.3, 0.4) is 0 Å². The molecule has 20 nitrogen and oxygen atoms in total. The molecule has 6 atom stereocenters. The quantitative estimate of drug-likeness (QED) is 0.0480. The summed E-state index contributed by atoms with van der Waals surface area (Å²) in [7, 11) is -16.8. The Hall–Kier alpha value is -1.16. The highest BCUT2D eigenvalue weighted by molar-refractivity contribution is 14.1. The van der Waals surface area contributed by atoms with E-state index in [1.807, 2.05) is 22.6 Å². The van der Waals surface area contributed by atoms with Gasteiger partial charge in [-0.3, -0.25) is 13.9 Å². The molecule has 24 heteroatoms. The summed E-state index contributed by atoms with van der Waals surface area (Å²) in [5.74, 6) is 0.376. The van der Waals surface area contributed by atoms with Crippen LogP contribution in [-0.4, -0.2) is 97.6 Å². The van der Waals surface area contributed by atoms with E-state index < -0.39 is 54.6 Å². The van der Waals surface area contributed by atoms with Gasteiger partial charge in [0.2, 0.25) is 5.91 Å². The average molecular weight is 760 g/mol. The van der Waals surface area contributed by atoms with Crippen molar-refractivity contribution < 1.29 is 66.2 Å². The molecule has 1 aliphatic heterocycles. The number of nitrogens with one attached hydrogen (secondary N) is 2. The van der Waals surface area contributed by atoms with Crippen molar-refractivity contribution in [1.82, 2.24) is 24.8 Å². The van der Waals surface area contributed by atoms with Crippen molar-refractivity contribution in [3.05, 3.63) is 12.7 Å². The van der Waals surface area contributed by atoms with Gasteiger partial charge in [-0.1, -0.05) is 22.6 Å². The number of aliphatic hydroxyl groups excluding tert-OH is 2. The van der Waals surface area contributed by atoms with Gasteiger partial charge in [0.25, 0.3) is 0 Å². The lowest BCUT2D eigenvalue weighted by atomic mass is 10.1. The molecule has 232 valence electrons. The Morgan fingerprint density at radius 2 is 1.71 bits per heavy atom. The number of phosphoric ester groups is 1. The number of phosphoric acid groups is 3. The second kappa shape index (κ2) is 14.5. The monoisotopic (exact) mass is 760 g/mol. The van der Waals surface area contributed by atoms with Crippen molar-refractivity contribution in [1.29, 1.82) is 0 Å². The maximum Gasteiger partial charge on any atom is 0.490 e. The van der Waals surface area contributed by atoms with Gasteiger partial charge in [-0.15, -0.1) is 0 Å². The highest BCUT2D eigenvalue weighted by atomic mass is 127. The zero-order valence-corrected chi connectivity index (χ0v) is 25.7. The van der Waals surface area contributed by atoms with Crippen molar-refractivity contribution in [2.45, 2.75) is 43.8 Å². The van der Waals surface area contributed by atoms with Crippen LogP contribution >= 0.6 is 46.1 Å². The Kier molecular flexibility index (Phi) is 12.2. The molecular weight excluding hydrogens is 732 g/mol. The van der Waals surface area contributed by atoms with Gasteiger partial charge >= 0.3 is 23.5 Å². The number of unbranched alkanes of at least 4 members (excludes halogenated alkanes) is 2. The van der Waals surface area contributed by atoms with Crippen LogP contribution in [-0.2, 0) is 36.4 Å². The molecule has 41 heavy (non-hydrogen) atoms. The number of anilines is 1. The highest BCUT2D eigenvalue weighted by Crippen LogP contribution is 2.66. The van der Waals surface area contributed by atoms with E-state index in [0.717, 1.165) is 19.3 Å². The second-order valence-corrected chi connectivity index (χ2v) is 13.6. The van der Waals surface area contributed by atoms with Crippen LogP contribution in [0.15, 0.2) is 12.7 Å². The van der Waals surface area contributed by atoms with E-state index in [-0.39, 0.29) is 11.6 Å². The number of imidazole rings is 1. The molecule has 1 aliphatic rings. The van der Waals surface area contributed by atoms with Crippen LogP contribution in [0, 0.1) is 0 Å². The lowest BCUT2D eigenvalue weighted by Gasteiger charge is -2.19. The molecule has 2 unspecified atom stereocenters. The van der Waals surface area contributed by atoms with Gasteiger partial charge in [0, 0.05) is 13.1 Å². The largest absolute Gasteiger partial charge is 0.490 e. The topological polar surface area (TPSA) is 294 Å². The van der Waals surface area contributed by atoms with Gasteiger partial charge in [-0.25, -0.2) is 28.6 Å². The number of alkyl halides is 1. The number of carbonyl (C=O) groups excluding carboxylic acids is 1. The van der Waals surface area contributed by atoms with E-state index in [1.54, 1.807) is 0 Å². The van der Waals surface area contributed by atoms with Crippen molar-refractivity contribution in [3.63, 3.8) is 0 Å². The molecular formula is C17H28IN6O14P3. The molecule has 0 radical (unpaired) electrons. The number of hydrogen-bond acceptors (Lipinski definition) is 14. The summed E-state index contributed by atoms with van der Waals surface area (Å²) in [6.07, 6.45) is -1.13. The fraction of sp³-hybridized carbons (Fsp3) is 0.647. The number of aromatic nitrogens is 4. The fourth-order valence-corrected chi connectivity index (χ4v) is 6.94. The highest BCUT2D eigenvalue weighted by Gasteiger charge is 2.47. The van der Waals surface area contributed by atoms with Gasteiger partial charge < -0.3 is 45.2 Å². The van der Waals surface area contributed by atoms with Crippen LogP contribution in [0.4, 0.5) is 5.82 Å². The van der Waals surface area contributed by atoms with E-state index in [2.05, 4.69) is 38.7 Å². The number of ether oxygens (including phenoxy) is 1. The van der Waals surface area contributed by atoms with Crippen LogP contribution in [0.1, 0.15) is 25.5 Å². The van der Waals surface area contributed by atoms with E-state index in [1.165, 1.54) is 17.2 Å². The minimum atomic E-state index is -5.73. The molecule has 3 rings (SSSR count). The fourth-order valence-electron chi connectivity index (χ4n) is 3.64. The van der Waals surface area contributed by atoms with Crippen LogP contribution in [0.5, 0.6) is 0 Å². The predicted molar refractivity (Wildman–Crippen MR) is 145 cm³/mol. The lowest BCUT2D eigenvalue weighted by Crippen LogP contribution is -2.33. The summed E-state index contributed by atoms with van der Waals surface area (Å²) in [6.45, 7) is 0.166. The Morgan fingerprint density at radius 1 is 1.00 bits per heavy atom. The molecule has 0 aromatic carbocycles. The van der Waals surface area contributed by atoms with E-state index >= 15 is 0 Å². The molecule has 0 spiro atoms.